The molecule has 0 saturated heterocycles. The van der Waals surface area contributed by atoms with Crippen molar-refractivity contribution in [3.05, 3.63) is 71.6 Å². The first-order chi connectivity index (χ1) is 14.1. The van der Waals surface area contributed by atoms with Crippen LogP contribution in [0.4, 0.5) is 0 Å². The fraction of sp³-hybridized carbons (Fsp3) is 0.375. The van der Waals surface area contributed by atoms with Crippen molar-refractivity contribution in [1.82, 2.24) is 4.98 Å². The molecule has 0 aliphatic heterocycles. The molecule has 3 rings (SSSR count). The number of aryl methyl sites for hydroxylation is 1. The number of aliphatic hydroxyl groups excluding tert-OH is 1. The summed E-state index contributed by atoms with van der Waals surface area (Å²) in [5, 5.41) is 10.1. The summed E-state index contributed by atoms with van der Waals surface area (Å²) in [6, 6.07) is 17.7. The molecule has 1 heterocycles. The van der Waals surface area contributed by atoms with E-state index in [9.17, 15) is 5.11 Å². The third-order valence-corrected chi connectivity index (χ3v) is 4.88. The first-order valence-electron chi connectivity index (χ1n) is 10.1. The van der Waals surface area contributed by atoms with Crippen molar-refractivity contribution in [2.75, 3.05) is 6.61 Å². The molecule has 0 aliphatic rings. The third kappa shape index (κ3) is 5.68. The number of benzene rings is 2. The maximum atomic E-state index is 10.1. The van der Waals surface area contributed by atoms with Gasteiger partial charge in [0.1, 0.15) is 23.8 Å². The smallest absolute Gasteiger partial charge is 0.226 e. The van der Waals surface area contributed by atoms with Crippen molar-refractivity contribution < 1.29 is 19.0 Å². The highest BCUT2D eigenvalue weighted by Crippen LogP contribution is 2.23. The number of aliphatic hydroxyl groups is 1. The van der Waals surface area contributed by atoms with Gasteiger partial charge in [-0.25, -0.2) is 4.98 Å². The Kier molecular flexibility index (Phi) is 7.44. The Morgan fingerprint density at radius 2 is 1.76 bits per heavy atom. The van der Waals surface area contributed by atoms with E-state index in [-0.39, 0.29) is 6.10 Å². The standard InChI is InChI=1S/C24H29NO4/c1-4-22(26)23(27-5-2)15-18-11-13-20(14-12-18)28-16-21-17(3)29-24(25-21)19-9-7-6-8-10-19/h6-14,22-23,26H,4-5,15-16H2,1-3H3. The summed E-state index contributed by atoms with van der Waals surface area (Å²) in [5.41, 5.74) is 2.84. The lowest BCUT2D eigenvalue weighted by Crippen LogP contribution is -2.30. The highest BCUT2D eigenvalue weighted by Gasteiger charge is 2.18. The number of nitrogens with zero attached hydrogens (tertiary/aromatic N) is 1. The van der Waals surface area contributed by atoms with Gasteiger partial charge in [-0.15, -0.1) is 0 Å². The summed E-state index contributed by atoms with van der Waals surface area (Å²) in [6.07, 6.45) is 0.700. The first kappa shape index (κ1) is 21.1. The average molecular weight is 395 g/mol. The summed E-state index contributed by atoms with van der Waals surface area (Å²) < 4.78 is 17.4. The topological polar surface area (TPSA) is 64.7 Å². The van der Waals surface area contributed by atoms with Gasteiger partial charge in [-0.05, 0) is 50.1 Å². The van der Waals surface area contributed by atoms with Crippen LogP contribution in [0.5, 0.6) is 5.75 Å². The van der Waals surface area contributed by atoms with Gasteiger partial charge in [0.15, 0.2) is 0 Å². The van der Waals surface area contributed by atoms with Crippen molar-refractivity contribution in [3.63, 3.8) is 0 Å². The maximum absolute atomic E-state index is 10.1. The molecule has 0 fully saturated rings. The minimum atomic E-state index is -0.458. The van der Waals surface area contributed by atoms with Gasteiger partial charge in [-0.3, -0.25) is 0 Å². The first-order valence-corrected chi connectivity index (χ1v) is 10.1. The third-order valence-electron chi connectivity index (χ3n) is 4.88. The van der Waals surface area contributed by atoms with E-state index in [0.29, 0.717) is 31.9 Å². The Bertz CT molecular complexity index is 874. The lowest BCUT2D eigenvalue weighted by molar-refractivity contribution is -0.0329. The molecule has 0 aliphatic carbocycles. The van der Waals surface area contributed by atoms with Gasteiger partial charge in [0, 0.05) is 18.6 Å². The molecule has 154 valence electrons. The molecule has 0 spiro atoms. The molecule has 1 N–H and O–H groups in total. The van der Waals surface area contributed by atoms with E-state index in [1.807, 2.05) is 75.4 Å². The van der Waals surface area contributed by atoms with Crippen LogP contribution in [0.15, 0.2) is 59.0 Å². The van der Waals surface area contributed by atoms with Gasteiger partial charge in [-0.2, -0.15) is 0 Å². The molecule has 29 heavy (non-hydrogen) atoms. The molecule has 0 amide bonds. The van der Waals surface area contributed by atoms with Crippen LogP contribution in [0.3, 0.4) is 0 Å². The van der Waals surface area contributed by atoms with Crippen molar-refractivity contribution in [2.45, 2.75) is 52.4 Å². The summed E-state index contributed by atoms with van der Waals surface area (Å²) in [6.45, 7) is 6.74. The van der Waals surface area contributed by atoms with E-state index in [1.54, 1.807) is 0 Å². The number of rotatable bonds is 10. The quantitative estimate of drug-likeness (QED) is 0.526. The van der Waals surface area contributed by atoms with Crippen LogP contribution in [0.1, 0.15) is 37.3 Å². The Labute approximate surface area is 172 Å². The van der Waals surface area contributed by atoms with Crippen molar-refractivity contribution in [2.24, 2.45) is 0 Å². The minimum Gasteiger partial charge on any atom is -0.487 e. The largest absolute Gasteiger partial charge is 0.487 e. The zero-order chi connectivity index (χ0) is 20.6. The van der Waals surface area contributed by atoms with Crippen molar-refractivity contribution in [3.8, 4) is 17.2 Å². The molecular formula is C24H29NO4. The summed E-state index contributed by atoms with van der Waals surface area (Å²) >= 11 is 0. The predicted octanol–water partition coefficient (Wildman–Crippen LogP) is 4.95. The van der Waals surface area contributed by atoms with Crippen LogP contribution < -0.4 is 4.74 Å². The van der Waals surface area contributed by atoms with E-state index in [4.69, 9.17) is 13.9 Å². The van der Waals surface area contributed by atoms with Gasteiger partial charge >= 0.3 is 0 Å². The Morgan fingerprint density at radius 3 is 2.41 bits per heavy atom. The molecular weight excluding hydrogens is 366 g/mol. The monoisotopic (exact) mass is 395 g/mol. The summed E-state index contributed by atoms with van der Waals surface area (Å²) in [4.78, 5) is 4.57. The highest BCUT2D eigenvalue weighted by atomic mass is 16.5. The lowest BCUT2D eigenvalue weighted by atomic mass is 10.0. The normalized spacial score (nSPS) is 13.2. The Balaban J connectivity index is 1.60. The zero-order valence-corrected chi connectivity index (χ0v) is 17.3. The second kappa shape index (κ2) is 10.2. The van der Waals surface area contributed by atoms with E-state index < -0.39 is 6.10 Å². The number of oxazole rings is 1. The van der Waals surface area contributed by atoms with Gasteiger partial charge in [0.2, 0.25) is 5.89 Å². The Hall–Kier alpha value is -2.63. The fourth-order valence-corrected chi connectivity index (χ4v) is 3.15. The zero-order valence-electron chi connectivity index (χ0n) is 17.3. The van der Waals surface area contributed by atoms with E-state index in [1.165, 1.54) is 0 Å². The van der Waals surface area contributed by atoms with Gasteiger partial charge in [0.05, 0.1) is 12.2 Å². The minimum absolute atomic E-state index is 0.189. The summed E-state index contributed by atoms with van der Waals surface area (Å²) in [7, 11) is 0. The molecule has 3 aromatic rings. The van der Waals surface area contributed by atoms with Crippen LogP contribution in [-0.2, 0) is 17.8 Å². The lowest BCUT2D eigenvalue weighted by Gasteiger charge is -2.22. The molecule has 0 saturated carbocycles. The average Bonchev–Trinajstić information content (AvgIpc) is 3.13. The molecule has 5 nitrogen and oxygen atoms in total. The number of hydrogen-bond donors (Lipinski definition) is 1. The number of aromatic nitrogens is 1. The number of ether oxygens (including phenoxy) is 2. The molecule has 0 bridgehead atoms. The van der Waals surface area contributed by atoms with Crippen LogP contribution in [0.25, 0.3) is 11.5 Å². The molecule has 0 radical (unpaired) electrons. The Morgan fingerprint density at radius 1 is 1.03 bits per heavy atom. The van der Waals surface area contributed by atoms with E-state index in [2.05, 4.69) is 4.98 Å². The van der Waals surface area contributed by atoms with Gasteiger partial charge in [-0.1, -0.05) is 37.3 Å². The second-order valence-corrected chi connectivity index (χ2v) is 6.99. The van der Waals surface area contributed by atoms with Crippen LogP contribution in [-0.4, -0.2) is 28.9 Å². The molecule has 2 aromatic carbocycles. The van der Waals surface area contributed by atoms with Crippen LogP contribution >= 0.6 is 0 Å². The SMILES string of the molecule is CCOC(Cc1ccc(OCc2nc(-c3ccccc3)oc2C)cc1)C(O)CC. The molecule has 2 atom stereocenters. The second-order valence-electron chi connectivity index (χ2n) is 6.99. The van der Waals surface area contributed by atoms with Crippen LogP contribution in [0, 0.1) is 6.92 Å². The van der Waals surface area contributed by atoms with Crippen molar-refractivity contribution >= 4 is 0 Å². The van der Waals surface area contributed by atoms with E-state index >= 15 is 0 Å². The maximum Gasteiger partial charge on any atom is 0.226 e. The van der Waals surface area contributed by atoms with Gasteiger partial charge in [0.25, 0.3) is 0 Å². The molecule has 1 aromatic heterocycles. The van der Waals surface area contributed by atoms with E-state index in [0.717, 1.165) is 28.3 Å². The fourth-order valence-electron chi connectivity index (χ4n) is 3.15. The number of hydrogen-bond acceptors (Lipinski definition) is 5. The predicted molar refractivity (Wildman–Crippen MR) is 113 cm³/mol. The van der Waals surface area contributed by atoms with Crippen LogP contribution in [0.2, 0.25) is 0 Å². The molecule has 5 heteroatoms. The summed E-state index contributed by atoms with van der Waals surface area (Å²) in [5.74, 6) is 2.13. The highest BCUT2D eigenvalue weighted by molar-refractivity contribution is 5.53. The van der Waals surface area contributed by atoms with Crippen molar-refractivity contribution in [1.29, 1.82) is 0 Å². The molecule has 2 unspecified atom stereocenters. The van der Waals surface area contributed by atoms with Gasteiger partial charge < -0.3 is 19.0 Å².